The highest BCUT2D eigenvalue weighted by atomic mass is 32.1. The number of aromatic nitrogens is 1. The van der Waals surface area contributed by atoms with Gasteiger partial charge in [-0.2, -0.15) is 0 Å². The molecule has 5 atom stereocenters. The van der Waals surface area contributed by atoms with Crippen LogP contribution in [0.4, 0.5) is 0 Å². The van der Waals surface area contributed by atoms with Crippen LogP contribution in [0.25, 0.3) is 0 Å². The van der Waals surface area contributed by atoms with Crippen molar-refractivity contribution in [2.75, 3.05) is 13.2 Å². The second-order valence-corrected chi connectivity index (χ2v) is 9.33. The highest BCUT2D eigenvalue weighted by molar-refractivity contribution is 7.09. The molecule has 2 aromatic rings. The Morgan fingerprint density at radius 3 is 2.87 bits per heavy atom. The number of rotatable bonds is 6. The number of carbonyl (C=O) groups is 1. The molecule has 0 amide bonds. The zero-order chi connectivity index (χ0) is 21.1. The molecular formula is C23H29NO5S. The smallest absolute Gasteiger partial charge is 0.358 e. The van der Waals surface area contributed by atoms with E-state index >= 15 is 0 Å². The fraction of sp³-hybridized carbons (Fsp3) is 0.565. The second kappa shape index (κ2) is 9.45. The maximum Gasteiger partial charge on any atom is 0.358 e. The fourth-order valence-electron chi connectivity index (χ4n) is 4.55. The molecule has 1 N–H and O–H groups in total. The van der Waals surface area contributed by atoms with E-state index in [4.69, 9.17) is 14.2 Å². The Kier molecular flexibility index (Phi) is 6.71. The lowest BCUT2D eigenvalue weighted by Gasteiger charge is -2.23. The Morgan fingerprint density at radius 2 is 2.10 bits per heavy atom. The molecule has 6 nitrogen and oxygen atoms in total. The third-order valence-corrected chi connectivity index (χ3v) is 6.94. The fourth-order valence-corrected chi connectivity index (χ4v) is 5.42. The molecule has 7 heteroatoms. The molecule has 2 heterocycles. The maximum atomic E-state index is 12.1. The first-order valence-corrected chi connectivity index (χ1v) is 11.5. The van der Waals surface area contributed by atoms with Gasteiger partial charge in [0, 0.05) is 11.3 Å². The number of esters is 1. The summed E-state index contributed by atoms with van der Waals surface area (Å²) in [5.74, 6) is 1.22. The summed E-state index contributed by atoms with van der Waals surface area (Å²) >= 11 is 1.45. The number of nitrogens with zero attached hydrogens (tertiary/aromatic N) is 1. The molecule has 0 spiro atoms. The summed E-state index contributed by atoms with van der Waals surface area (Å²) in [7, 11) is 0. The van der Waals surface area contributed by atoms with Crippen LogP contribution in [0.3, 0.4) is 0 Å². The van der Waals surface area contributed by atoms with Crippen molar-refractivity contribution in [3.8, 4) is 5.75 Å². The first-order valence-electron chi connectivity index (χ1n) is 10.6. The molecule has 0 bridgehead atoms. The van der Waals surface area contributed by atoms with Gasteiger partial charge in [0.2, 0.25) is 0 Å². The van der Waals surface area contributed by atoms with Crippen molar-refractivity contribution in [1.29, 1.82) is 0 Å². The van der Waals surface area contributed by atoms with Crippen LogP contribution in [0.5, 0.6) is 5.75 Å². The number of benzene rings is 1. The Labute approximate surface area is 181 Å². The van der Waals surface area contributed by atoms with Gasteiger partial charge in [0.05, 0.1) is 25.4 Å². The van der Waals surface area contributed by atoms with Gasteiger partial charge >= 0.3 is 5.97 Å². The normalized spacial score (nSPS) is 28.7. The van der Waals surface area contributed by atoms with E-state index in [9.17, 15) is 9.90 Å². The van der Waals surface area contributed by atoms with E-state index in [-0.39, 0.29) is 30.2 Å². The summed E-state index contributed by atoms with van der Waals surface area (Å²) in [5.41, 5.74) is 0.348. The Hall–Kier alpha value is -1.96. The van der Waals surface area contributed by atoms with E-state index in [0.717, 1.165) is 30.0 Å². The Morgan fingerprint density at radius 1 is 1.30 bits per heavy atom. The molecule has 30 heavy (non-hydrogen) atoms. The number of aliphatic hydroxyl groups excluding tert-OH is 1. The largest absolute Gasteiger partial charge is 0.493 e. The van der Waals surface area contributed by atoms with Crippen molar-refractivity contribution in [3.63, 3.8) is 0 Å². The third kappa shape index (κ3) is 4.85. The van der Waals surface area contributed by atoms with Gasteiger partial charge in [-0.3, -0.25) is 0 Å². The summed E-state index contributed by atoms with van der Waals surface area (Å²) in [6.45, 7) is 4.76. The number of ether oxygens (including phenoxy) is 3. The van der Waals surface area contributed by atoms with Crippen molar-refractivity contribution in [2.24, 2.45) is 17.8 Å². The van der Waals surface area contributed by atoms with Gasteiger partial charge in [0.25, 0.3) is 0 Å². The van der Waals surface area contributed by atoms with E-state index in [1.54, 1.807) is 5.38 Å². The molecule has 1 saturated carbocycles. The average molecular weight is 432 g/mol. The van der Waals surface area contributed by atoms with Crippen molar-refractivity contribution < 1.29 is 24.1 Å². The number of hydrogen-bond donors (Lipinski definition) is 1. The number of aliphatic hydroxyl groups is 1. The lowest BCUT2D eigenvalue weighted by Crippen LogP contribution is -2.27. The van der Waals surface area contributed by atoms with Crippen LogP contribution < -0.4 is 4.74 Å². The first-order chi connectivity index (χ1) is 14.5. The lowest BCUT2D eigenvalue weighted by molar-refractivity contribution is 0.0321. The standard InChI is InChI=1S/C23H29NO5S/c1-14(2)29-23(26)19-13-30-22(24-19)21-9-8-17-15(11-28-21)10-20(25)18(17)12-27-16-6-4-3-5-7-16/h3-7,13-15,17-18,20-21,25H,8-12H2,1-2H3/t15-,17+,18-,20-,21-/m1/s1. The van der Waals surface area contributed by atoms with Crippen molar-refractivity contribution in [3.05, 3.63) is 46.4 Å². The van der Waals surface area contributed by atoms with Crippen LogP contribution in [0.2, 0.25) is 0 Å². The summed E-state index contributed by atoms with van der Waals surface area (Å²) in [6.07, 6.45) is 1.86. The van der Waals surface area contributed by atoms with Gasteiger partial charge in [0.1, 0.15) is 16.9 Å². The van der Waals surface area contributed by atoms with E-state index in [1.165, 1.54) is 11.3 Å². The van der Waals surface area contributed by atoms with Crippen molar-refractivity contribution in [1.82, 2.24) is 4.98 Å². The number of carbonyl (C=O) groups excluding carboxylic acids is 1. The zero-order valence-electron chi connectivity index (χ0n) is 17.4. The Balaban J connectivity index is 1.38. The average Bonchev–Trinajstić information content (AvgIpc) is 3.26. The van der Waals surface area contributed by atoms with Crippen LogP contribution in [0.1, 0.15) is 54.7 Å². The van der Waals surface area contributed by atoms with E-state index < -0.39 is 0 Å². The summed E-state index contributed by atoms with van der Waals surface area (Å²) in [6, 6.07) is 9.74. The van der Waals surface area contributed by atoms with Gasteiger partial charge in [-0.1, -0.05) is 18.2 Å². The number of fused-ring (bicyclic) bond motifs is 1. The molecule has 2 aliphatic rings. The number of para-hydroxylation sites is 1. The molecule has 1 saturated heterocycles. The van der Waals surface area contributed by atoms with E-state index in [0.29, 0.717) is 30.7 Å². The highest BCUT2D eigenvalue weighted by Crippen LogP contribution is 2.45. The predicted octanol–water partition coefficient (Wildman–Crippen LogP) is 4.25. The molecule has 162 valence electrons. The molecule has 1 aromatic heterocycles. The first kappa shape index (κ1) is 21.3. The molecule has 0 radical (unpaired) electrons. The second-order valence-electron chi connectivity index (χ2n) is 8.44. The van der Waals surface area contributed by atoms with Crippen LogP contribution in [0.15, 0.2) is 35.7 Å². The predicted molar refractivity (Wildman–Crippen MR) is 114 cm³/mol. The molecule has 0 unspecified atom stereocenters. The summed E-state index contributed by atoms with van der Waals surface area (Å²) < 4.78 is 17.4. The molecule has 1 aliphatic carbocycles. The van der Waals surface area contributed by atoms with Gasteiger partial charge in [-0.15, -0.1) is 11.3 Å². The molecule has 4 rings (SSSR count). The van der Waals surface area contributed by atoms with Crippen LogP contribution in [0, 0.1) is 17.8 Å². The molecular weight excluding hydrogens is 402 g/mol. The lowest BCUT2D eigenvalue weighted by atomic mass is 9.86. The van der Waals surface area contributed by atoms with E-state index in [1.807, 2.05) is 44.2 Å². The van der Waals surface area contributed by atoms with Gasteiger partial charge in [-0.25, -0.2) is 9.78 Å². The molecule has 2 fully saturated rings. The minimum Gasteiger partial charge on any atom is -0.493 e. The topological polar surface area (TPSA) is 77.9 Å². The number of hydrogen-bond acceptors (Lipinski definition) is 7. The minimum atomic E-state index is -0.390. The quantitative estimate of drug-likeness (QED) is 0.689. The monoisotopic (exact) mass is 431 g/mol. The minimum absolute atomic E-state index is 0.102. The van der Waals surface area contributed by atoms with Crippen molar-refractivity contribution >= 4 is 17.3 Å². The SMILES string of the molecule is CC(C)OC(=O)c1csc([C@H]2CC[C@H]3[C@@H](CO2)C[C@@H](O)[C@@H]3COc2ccccc2)n1. The Bertz CT molecular complexity index is 839. The summed E-state index contributed by atoms with van der Waals surface area (Å²) in [4.78, 5) is 16.6. The van der Waals surface area contributed by atoms with Crippen LogP contribution in [-0.2, 0) is 9.47 Å². The van der Waals surface area contributed by atoms with Gasteiger partial charge < -0.3 is 19.3 Å². The zero-order valence-corrected chi connectivity index (χ0v) is 18.2. The summed E-state index contributed by atoms with van der Waals surface area (Å²) in [5, 5.41) is 13.2. The van der Waals surface area contributed by atoms with Crippen LogP contribution >= 0.6 is 11.3 Å². The number of thiazole rings is 1. The van der Waals surface area contributed by atoms with Crippen LogP contribution in [-0.4, -0.2) is 41.5 Å². The molecule has 1 aromatic carbocycles. The van der Waals surface area contributed by atoms with E-state index in [2.05, 4.69) is 4.98 Å². The highest BCUT2D eigenvalue weighted by Gasteiger charge is 2.44. The van der Waals surface area contributed by atoms with Crippen molar-refractivity contribution in [2.45, 2.75) is 51.4 Å². The third-order valence-electron chi connectivity index (χ3n) is 6.00. The molecule has 1 aliphatic heterocycles. The van der Waals surface area contributed by atoms with Gasteiger partial charge in [0.15, 0.2) is 5.69 Å². The maximum absolute atomic E-state index is 12.1. The van der Waals surface area contributed by atoms with Gasteiger partial charge in [-0.05, 0) is 57.1 Å².